The van der Waals surface area contributed by atoms with Crippen molar-refractivity contribution in [2.75, 3.05) is 13.1 Å². The van der Waals surface area contributed by atoms with E-state index in [1.54, 1.807) is 12.1 Å². The zero-order valence-electron chi connectivity index (χ0n) is 12.1. The molecule has 1 atom stereocenters. The molecule has 1 saturated heterocycles. The smallest absolute Gasteiger partial charge is 0.230 e. The van der Waals surface area contributed by atoms with Crippen molar-refractivity contribution in [1.82, 2.24) is 19.5 Å². The van der Waals surface area contributed by atoms with Gasteiger partial charge in [0.2, 0.25) is 10.8 Å². The van der Waals surface area contributed by atoms with Gasteiger partial charge in [-0.15, -0.1) is 0 Å². The lowest BCUT2D eigenvalue weighted by atomic mass is 10.0. The molecule has 0 spiro atoms. The van der Waals surface area contributed by atoms with Crippen molar-refractivity contribution in [2.24, 2.45) is 0 Å². The highest BCUT2D eigenvalue weighted by atomic mass is 35.5. The molecule has 3 heterocycles. The Morgan fingerprint density at radius 2 is 2.09 bits per heavy atom. The molecular formula is C15H14ClFN4OS. The van der Waals surface area contributed by atoms with E-state index in [4.69, 9.17) is 11.6 Å². The molecule has 1 aliphatic rings. The number of fused-ring (bicyclic) bond motifs is 1. The van der Waals surface area contributed by atoms with Gasteiger partial charge in [-0.3, -0.25) is 4.90 Å². The van der Waals surface area contributed by atoms with Crippen molar-refractivity contribution >= 4 is 27.9 Å². The first-order valence-corrected chi connectivity index (χ1v) is 8.55. The second-order valence-electron chi connectivity index (χ2n) is 5.53. The van der Waals surface area contributed by atoms with Crippen molar-refractivity contribution in [3.8, 4) is 5.88 Å². The molecular weight excluding hydrogens is 339 g/mol. The lowest BCUT2D eigenvalue weighted by Gasteiger charge is -2.28. The zero-order valence-corrected chi connectivity index (χ0v) is 13.7. The molecule has 1 N–H and O–H groups in total. The van der Waals surface area contributed by atoms with E-state index in [0.717, 1.165) is 25.9 Å². The molecule has 4 rings (SSSR count). The molecule has 0 aliphatic carbocycles. The summed E-state index contributed by atoms with van der Waals surface area (Å²) in [5.41, 5.74) is 0.399. The predicted molar refractivity (Wildman–Crippen MR) is 86.6 cm³/mol. The van der Waals surface area contributed by atoms with E-state index in [-0.39, 0.29) is 11.7 Å². The second-order valence-corrected chi connectivity index (χ2v) is 6.94. The lowest BCUT2D eigenvalue weighted by Crippen LogP contribution is -2.27. The van der Waals surface area contributed by atoms with Crippen LogP contribution in [0.3, 0.4) is 0 Å². The Labute approximate surface area is 140 Å². The molecule has 0 saturated carbocycles. The minimum Gasteiger partial charge on any atom is -0.492 e. The number of hydrogen-bond acceptors (Lipinski definition) is 5. The van der Waals surface area contributed by atoms with Gasteiger partial charge in [-0.1, -0.05) is 29.0 Å². The number of nitrogens with zero attached hydrogens (tertiary/aromatic N) is 4. The lowest BCUT2D eigenvalue weighted by molar-refractivity contribution is 0.272. The number of aromatic hydroxyl groups is 1. The summed E-state index contributed by atoms with van der Waals surface area (Å²) in [6.07, 6.45) is 3.48. The Morgan fingerprint density at radius 1 is 1.30 bits per heavy atom. The fraction of sp³-hybridized carbons (Fsp3) is 0.333. The van der Waals surface area contributed by atoms with Gasteiger partial charge in [0.15, 0.2) is 0 Å². The summed E-state index contributed by atoms with van der Waals surface area (Å²) in [5, 5.41) is 14.9. The molecule has 2 aromatic heterocycles. The van der Waals surface area contributed by atoms with E-state index >= 15 is 0 Å². The number of benzene rings is 1. The molecule has 23 heavy (non-hydrogen) atoms. The van der Waals surface area contributed by atoms with Gasteiger partial charge in [0.25, 0.3) is 0 Å². The molecule has 1 aliphatic heterocycles. The highest BCUT2D eigenvalue weighted by molar-refractivity contribution is 7.17. The SMILES string of the molecule is Oc1c(C(c2c(F)cccc2Cl)N2CCCC2)sc2ncnn12. The number of halogens is 2. The van der Waals surface area contributed by atoms with Crippen LogP contribution in [0.5, 0.6) is 5.88 Å². The van der Waals surface area contributed by atoms with Crippen LogP contribution in [0.1, 0.15) is 29.3 Å². The van der Waals surface area contributed by atoms with Gasteiger partial charge >= 0.3 is 0 Å². The third kappa shape index (κ3) is 2.39. The third-order valence-corrected chi connectivity index (χ3v) is 5.58. The average Bonchev–Trinajstić information content (AvgIpc) is 3.23. The van der Waals surface area contributed by atoms with E-state index in [1.165, 1.54) is 28.2 Å². The van der Waals surface area contributed by atoms with E-state index < -0.39 is 6.04 Å². The standard InChI is InChI=1S/C15H14ClFN4OS/c16-9-4-3-5-10(17)11(9)12(20-6-1-2-7-20)13-14(22)21-15(23-13)18-8-19-21/h3-5,8,12,22H,1-2,6-7H2. The summed E-state index contributed by atoms with van der Waals surface area (Å²) >= 11 is 7.61. The molecule has 0 amide bonds. The van der Waals surface area contributed by atoms with Gasteiger partial charge in [-0.2, -0.15) is 9.61 Å². The maximum atomic E-state index is 14.5. The molecule has 1 aromatic carbocycles. The van der Waals surface area contributed by atoms with Crippen molar-refractivity contribution in [3.05, 3.63) is 45.8 Å². The summed E-state index contributed by atoms with van der Waals surface area (Å²) in [6, 6.07) is 4.24. The minimum atomic E-state index is -0.431. The Bertz CT molecular complexity index is 838. The van der Waals surface area contributed by atoms with Crippen molar-refractivity contribution in [2.45, 2.75) is 18.9 Å². The van der Waals surface area contributed by atoms with Crippen LogP contribution in [0.25, 0.3) is 4.96 Å². The van der Waals surface area contributed by atoms with Crippen molar-refractivity contribution in [3.63, 3.8) is 0 Å². The van der Waals surface area contributed by atoms with Gasteiger partial charge in [-0.25, -0.2) is 9.37 Å². The second kappa shape index (κ2) is 5.74. The summed E-state index contributed by atoms with van der Waals surface area (Å²) in [7, 11) is 0. The summed E-state index contributed by atoms with van der Waals surface area (Å²) in [5.74, 6) is -0.369. The minimum absolute atomic E-state index is 0.00119. The molecule has 8 heteroatoms. The van der Waals surface area contributed by atoms with Gasteiger partial charge in [0.1, 0.15) is 12.1 Å². The molecule has 0 radical (unpaired) electrons. The average molecular weight is 353 g/mol. The highest BCUT2D eigenvalue weighted by Crippen LogP contribution is 2.43. The molecule has 5 nitrogen and oxygen atoms in total. The van der Waals surface area contributed by atoms with E-state index in [9.17, 15) is 9.50 Å². The monoisotopic (exact) mass is 352 g/mol. The van der Waals surface area contributed by atoms with E-state index in [1.807, 2.05) is 0 Å². The van der Waals surface area contributed by atoms with Crippen LogP contribution >= 0.6 is 22.9 Å². The number of thiazole rings is 1. The number of hydrogen-bond donors (Lipinski definition) is 1. The first-order valence-electron chi connectivity index (χ1n) is 7.36. The van der Waals surface area contributed by atoms with Crippen LogP contribution in [0.2, 0.25) is 5.02 Å². The summed E-state index contributed by atoms with van der Waals surface area (Å²) < 4.78 is 15.9. The first kappa shape index (κ1) is 14.9. The largest absolute Gasteiger partial charge is 0.492 e. The topological polar surface area (TPSA) is 53.7 Å². The van der Waals surface area contributed by atoms with Gasteiger partial charge in [-0.05, 0) is 38.1 Å². The maximum absolute atomic E-state index is 14.5. The van der Waals surface area contributed by atoms with Gasteiger partial charge < -0.3 is 5.11 Å². The Hall–Kier alpha value is -1.70. The Balaban J connectivity index is 1.92. The number of aromatic nitrogens is 3. The van der Waals surface area contributed by atoms with Gasteiger partial charge in [0.05, 0.1) is 10.9 Å². The van der Waals surface area contributed by atoms with Crippen LogP contribution in [-0.2, 0) is 0 Å². The fourth-order valence-electron chi connectivity index (χ4n) is 3.12. The predicted octanol–water partition coefficient (Wildman–Crippen LogP) is 3.47. The van der Waals surface area contributed by atoms with Crippen LogP contribution in [0.15, 0.2) is 24.5 Å². The Kier molecular flexibility index (Phi) is 3.71. The number of rotatable bonds is 3. The van der Waals surface area contributed by atoms with E-state index in [0.29, 0.717) is 20.4 Å². The molecule has 0 bridgehead atoms. The van der Waals surface area contributed by atoms with Crippen LogP contribution in [0.4, 0.5) is 4.39 Å². The van der Waals surface area contributed by atoms with Crippen molar-refractivity contribution < 1.29 is 9.50 Å². The summed E-state index contributed by atoms with van der Waals surface area (Å²) in [4.78, 5) is 7.46. The van der Waals surface area contributed by atoms with Crippen LogP contribution < -0.4 is 0 Å². The molecule has 120 valence electrons. The molecule has 3 aromatic rings. The first-order chi connectivity index (χ1) is 11.2. The molecule has 1 fully saturated rings. The maximum Gasteiger partial charge on any atom is 0.230 e. The fourth-order valence-corrected chi connectivity index (χ4v) is 4.46. The van der Waals surface area contributed by atoms with E-state index in [2.05, 4.69) is 15.0 Å². The third-order valence-electron chi connectivity index (χ3n) is 4.17. The van der Waals surface area contributed by atoms with Gasteiger partial charge in [0, 0.05) is 10.6 Å². The normalized spacial score (nSPS) is 17.1. The zero-order chi connectivity index (χ0) is 16.0. The van der Waals surface area contributed by atoms with Crippen molar-refractivity contribution in [1.29, 1.82) is 0 Å². The quantitative estimate of drug-likeness (QED) is 0.784. The number of likely N-dealkylation sites (tertiary alicyclic amines) is 1. The molecule has 1 unspecified atom stereocenters. The van der Waals surface area contributed by atoms with Crippen LogP contribution in [0, 0.1) is 5.82 Å². The highest BCUT2D eigenvalue weighted by Gasteiger charge is 2.33. The Morgan fingerprint density at radius 3 is 2.78 bits per heavy atom. The summed E-state index contributed by atoms with van der Waals surface area (Å²) in [6.45, 7) is 1.67. The van der Waals surface area contributed by atoms with Crippen LogP contribution in [-0.4, -0.2) is 37.7 Å².